The Labute approximate surface area is 177 Å². The molecule has 0 unspecified atom stereocenters. The highest BCUT2D eigenvalue weighted by molar-refractivity contribution is 7.89. The van der Waals surface area contributed by atoms with Gasteiger partial charge in [-0.2, -0.15) is 17.5 Å². The van der Waals surface area contributed by atoms with Crippen LogP contribution in [0.1, 0.15) is 37.0 Å². The summed E-state index contributed by atoms with van der Waals surface area (Å²) in [4.78, 5) is 12.0. The third-order valence-electron chi connectivity index (χ3n) is 5.22. The number of carbonyl (C=O) groups excluding carboxylic acids is 1. The number of piperidine rings is 1. The van der Waals surface area contributed by atoms with E-state index in [2.05, 4.69) is 0 Å². The van der Waals surface area contributed by atoms with E-state index in [1.54, 1.807) is 6.92 Å². The number of hydrogen-bond acceptors (Lipinski definition) is 4. The number of alkyl halides is 3. The standard InChI is InChI=1S/C21H21F4NO4S/c1-14(15-5-7-18(22)8-6-15)30-20(27)16-9-11-26(12-10-16)31(28,29)19-4-2-3-17(13-19)21(23,24)25/h2-8,13-14,16H,9-12H2,1H3/t14-/m1/s1. The van der Waals surface area contributed by atoms with E-state index in [0.29, 0.717) is 11.6 Å². The first-order valence-corrected chi connectivity index (χ1v) is 11.1. The molecular formula is C21H21F4NO4S. The van der Waals surface area contributed by atoms with Crippen LogP contribution in [0.3, 0.4) is 0 Å². The Morgan fingerprint density at radius 1 is 1.10 bits per heavy atom. The highest BCUT2D eigenvalue weighted by atomic mass is 32.2. The monoisotopic (exact) mass is 459 g/mol. The average Bonchev–Trinajstić information content (AvgIpc) is 2.73. The maximum atomic E-state index is 13.0. The quantitative estimate of drug-likeness (QED) is 0.486. The summed E-state index contributed by atoms with van der Waals surface area (Å²) in [7, 11) is -4.12. The van der Waals surface area contributed by atoms with Crippen molar-refractivity contribution in [3.63, 3.8) is 0 Å². The lowest BCUT2D eigenvalue weighted by Gasteiger charge is -2.30. The van der Waals surface area contributed by atoms with Gasteiger partial charge in [0.25, 0.3) is 0 Å². The van der Waals surface area contributed by atoms with Crippen molar-refractivity contribution >= 4 is 16.0 Å². The Kier molecular flexibility index (Phi) is 6.70. The molecular weight excluding hydrogens is 438 g/mol. The lowest BCUT2D eigenvalue weighted by atomic mass is 9.98. The van der Waals surface area contributed by atoms with Crippen molar-refractivity contribution in [2.24, 2.45) is 5.92 Å². The van der Waals surface area contributed by atoms with Crippen molar-refractivity contribution in [1.82, 2.24) is 4.31 Å². The summed E-state index contributed by atoms with van der Waals surface area (Å²) in [5, 5.41) is 0. The number of halogens is 4. The summed E-state index contributed by atoms with van der Waals surface area (Å²) >= 11 is 0. The molecule has 1 aliphatic rings. The fourth-order valence-electron chi connectivity index (χ4n) is 3.39. The smallest absolute Gasteiger partial charge is 0.416 e. The van der Waals surface area contributed by atoms with Crippen LogP contribution in [0.15, 0.2) is 53.4 Å². The molecule has 2 aromatic carbocycles. The molecule has 1 heterocycles. The van der Waals surface area contributed by atoms with E-state index in [1.165, 1.54) is 24.3 Å². The van der Waals surface area contributed by atoms with Crippen molar-refractivity contribution in [3.05, 3.63) is 65.5 Å². The highest BCUT2D eigenvalue weighted by Gasteiger charge is 2.35. The third kappa shape index (κ3) is 5.43. The molecule has 3 rings (SSSR count). The molecule has 0 saturated carbocycles. The SMILES string of the molecule is C[C@@H](OC(=O)C1CCN(S(=O)(=O)c2cccc(C(F)(F)F)c2)CC1)c1ccc(F)cc1. The largest absolute Gasteiger partial charge is 0.458 e. The van der Waals surface area contributed by atoms with Gasteiger partial charge in [-0.15, -0.1) is 0 Å². The first-order valence-electron chi connectivity index (χ1n) is 9.62. The highest BCUT2D eigenvalue weighted by Crippen LogP contribution is 2.32. The van der Waals surface area contributed by atoms with Gasteiger partial charge in [0.1, 0.15) is 11.9 Å². The van der Waals surface area contributed by atoms with Crippen LogP contribution in [0, 0.1) is 11.7 Å². The lowest BCUT2D eigenvalue weighted by Crippen LogP contribution is -2.40. The lowest BCUT2D eigenvalue weighted by molar-refractivity contribution is -0.155. The van der Waals surface area contributed by atoms with Crippen LogP contribution in [0.4, 0.5) is 17.6 Å². The summed E-state index contributed by atoms with van der Waals surface area (Å²) < 4.78 is 83.7. The first kappa shape index (κ1) is 23.2. The third-order valence-corrected chi connectivity index (χ3v) is 7.11. The summed E-state index contributed by atoms with van der Waals surface area (Å²) in [6.07, 6.45) is -4.87. The molecule has 0 bridgehead atoms. The van der Waals surface area contributed by atoms with E-state index < -0.39 is 50.5 Å². The molecule has 2 aromatic rings. The van der Waals surface area contributed by atoms with Gasteiger partial charge in [0, 0.05) is 13.1 Å². The van der Waals surface area contributed by atoms with E-state index in [1.807, 2.05) is 0 Å². The zero-order chi connectivity index (χ0) is 22.8. The van der Waals surface area contributed by atoms with Gasteiger partial charge in [-0.1, -0.05) is 18.2 Å². The number of sulfonamides is 1. The summed E-state index contributed by atoms with van der Waals surface area (Å²) in [5.41, 5.74) is -0.416. The average molecular weight is 459 g/mol. The topological polar surface area (TPSA) is 63.7 Å². The number of carbonyl (C=O) groups is 1. The maximum Gasteiger partial charge on any atom is 0.416 e. The van der Waals surface area contributed by atoms with Crippen LogP contribution >= 0.6 is 0 Å². The molecule has 1 saturated heterocycles. The molecule has 0 spiro atoms. The fraction of sp³-hybridized carbons (Fsp3) is 0.381. The molecule has 1 aliphatic heterocycles. The van der Waals surface area contributed by atoms with Crippen molar-refractivity contribution in [1.29, 1.82) is 0 Å². The Balaban J connectivity index is 1.62. The number of nitrogens with zero attached hydrogens (tertiary/aromatic N) is 1. The second-order valence-corrected chi connectivity index (χ2v) is 9.27. The second-order valence-electron chi connectivity index (χ2n) is 7.33. The minimum Gasteiger partial charge on any atom is -0.458 e. The minimum absolute atomic E-state index is 0.0106. The van der Waals surface area contributed by atoms with Gasteiger partial charge in [-0.3, -0.25) is 4.79 Å². The van der Waals surface area contributed by atoms with Crippen molar-refractivity contribution < 1.29 is 35.5 Å². The Hall–Kier alpha value is -2.46. The summed E-state index contributed by atoms with van der Waals surface area (Å²) in [6, 6.07) is 9.14. The van der Waals surface area contributed by atoms with Gasteiger partial charge in [0.15, 0.2) is 0 Å². The Morgan fingerprint density at radius 2 is 1.71 bits per heavy atom. The van der Waals surface area contributed by atoms with Crippen LogP contribution in [-0.4, -0.2) is 31.8 Å². The van der Waals surface area contributed by atoms with Crippen LogP contribution in [0.5, 0.6) is 0 Å². The normalized spacial score (nSPS) is 17.3. The number of ether oxygens (including phenoxy) is 1. The van der Waals surface area contributed by atoms with Crippen LogP contribution in [0.25, 0.3) is 0 Å². The predicted octanol–water partition coefficient (Wildman–Crippen LogP) is 4.55. The molecule has 168 valence electrons. The molecule has 0 aliphatic carbocycles. The molecule has 1 fully saturated rings. The zero-order valence-electron chi connectivity index (χ0n) is 16.6. The molecule has 0 amide bonds. The van der Waals surface area contributed by atoms with Gasteiger partial charge in [0.05, 0.1) is 16.4 Å². The van der Waals surface area contributed by atoms with E-state index in [-0.39, 0.29) is 25.9 Å². The summed E-state index contributed by atoms with van der Waals surface area (Å²) in [5.74, 6) is -1.43. The van der Waals surface area contributed by atoms with Gasteiger partial charge in [-0.05, 0) is 55.7 Å². The van der Waals surface area contributed by atoms with Gasteiger partial charge in [-0.25, -0.2) is 12.8 Å². The first-order chi connectivity index (χ1) is 14.5. The molecule has 5 nitrogen and oxygen atoms in total. The van der Waals surface area contributed by atoms with Gasteiger partial charge < -0.3 is 4.74 Å². The number of esters is 1. The van der Waals surface area contributed by atoms with Crippen molar-refractivity contribution in [2.45, 2.75) is 36.9 Å². The number of rotatable bonds is 5. The maximum absolute atomic E-state index is 13.0. The molecule has 0 N–H and O–H groups in total. The predicted molar refractivity (Wildman–Crippen MR) is 104 cm³/mol. The van der Waals surface area contributed by atoms with Crippen molar-refractivity contribution in [3.8, 4) is 0 Å². The molecule has 0 radical (unpaired) electrons. The van der Waals surface area contributed by atoms with E-state index in [0.717, 1.165) is 22.5 Å². The molecule has 0 aromatic heterocycles. The van der Waals surface area contributed by atoms with Gasteiger partial charge in [0.2, 0.25) is 10.0 Å². The fourth-order valence-corrected chi connectivity index (χ4v) is 4.90. The number of hydrogen-bond donors (Lipinski definition) is 0. The van der Waals surface area contributed by atoms with Crippen LogP contribution < -0.4 is 0 Å². The van der Waals surface area contributed by atoms with E-state index >= 15 is 0 Å². The zero-order valence-corrected chi connectivity index (χ0v) is 17.4. The van der Waals surface area contributed by atoms with E-state index in [4.69, 9.17) is 4.74 Å². The second kappa shape index (κ2) is 8.96. The molecule has 1 atom stereocenters. The minimum atomic E-state index is -4.65. The van der Waals surface area contributed by atoms with Gasteiger partial charge >= 0.3 is 12.1 Å². The van der Waals surface area contributed by atoms with E-state index in [9.17, 15) is 30.8 Å². The molecule has 10 heteroatoms. The van der Waals surface area contributed by atoms with Crippen LogP contribution in [-0.2, 0) is 25.7 Å². The van der Waals surface area contributed by atoms with Crippen molar-refractivity contribution in [2.75, 3.05) is 13.1 Å². The number of benzene rings is 2. The summed E-state index contributed by atoms with van der Waals surface area (Å²) in [6.45, 7) is 1.63. The Morgan fingerprint density at radius 3 is 2.29 bits per heavy atom. The Bertz CT molecular complexity index is 1030. The molecule has 31 heavy (non-hydrogen) atoms. The van der Waals surface area contributed by atoms with Crippen LogP contribution in [0.2, 0.25) is 0 Å².